The highest BCUT2D eigenvalue weighted by Gasteiger charge is 2.27. The van der Waals surface area contributed by atoms with Crippen molar-refractivity contribution >= 4 is 11.7 Å². The Morgan fingerprint density at radius 2 is 1.82 bits per heavy atom. The molecule has 9 nitrogen and oxygen atoms in total. The fourth-order valence-corrected chi connectivity index (χ4v) is 3.28. The Morgan fingerprint density at radius 1 is 1.00 bits per heavy atom. The van der Waals surface area contributed by atoms with Crippen molar-refractivity contribution in [1.82, 2.24) is 29.4 Å². The number of carbonyl (C=O) groups is 1. The van der Waals surface area contributed by atoms with Gasteiger partial charge in [0.1, 0.15) is 11.9 Å². The Morgan fingerprint density at radius 3 is 2.50 bits per heavy atom. The first kappa shape index (κ1) is 17.9. The second-order valence-electron chi connectivity index (χ2n) is 6.60. The van der Waals surface area contributed by atoms with Gasteiger partial charge in [0.15, 0.2) is 5.82 Å². The van der Waals surface area contributed by atoms with Gasteiger partial charge in [0, 0.05) is 50.8 Å². The lowest BCUT2D eigenvalue weighted by atomic mass is 10.2. The van der Waals surface area contributed by atoms with Gasteiger partial charge < -0.3 is 9.80 Å². The molecule has 3 aromatic rings. The fraction of sp³-hybridized carbons (Fsp3) is 0.316. The van der Waals surface area contributed by atoms with Crippen LogP contribution in [0.15, 0.2) is 59.8 Å². The monoisotopic (exact) mass is 379 g/mol. The molecule has 1 amide bonds. The van der Waals surface area contributed by atoms with Crippen molar-refractivity contribution < 1.29 is 4.79 Å². The van der Waals surface area contributed by atoms with Crippen LogP contribution in [0.25, 0.3) is 5.82 Å². The minimum absolute atomic E-state index is 0.118. The van der Waals surface area contributed by atoms with Gasteiger partial charge in [0.05, 0.1) is 0 Å². The van der Waals surface area contributed by atoms with E-state index in [0.717, 1.165) is 5.82 Å². The molecule has 0 aromatic carbocycles. The highest BCUT2D eigenvalue weighted by Crippen LogP contribution is 2.15. The van der Waals surface area contributed by atoms with E-state index in [1.54, 1.807) is 47.2 Å². The summed E-state index contributed by atoms with van der Waals surface area (Å²) in [5, 5.41) is 8.45. The van der Waals surface area contributed by atoms with E-state index in [-0.39, 0.29) is 11.5 Å². The molecule has 0 spiro atoms. The lowest BCUT2D eigenvalue weighted by molar-refractivity contribution is -0.135. The van der Waals surface area contributed by atoms with Gasteiger partial charge in [0.25, 0.3) is 5.56 Å². The third-order valence-corrected chi connectivity index (χ3v) is 4.84. The normalized spacial score (nSPS) is 15.5. The molecule has 4 rings (SSSR count). The summed E-state index contributed by atoms with van der Waals surface area (Å²) in [6.45, 7) is 4.26. The van der Waals surface area contributed by atoms with Crippen molar-refractivity contribution in [2.75, 3.05) is 31.1 Å². The second-order valence-corrected chi connectivity index (χ2v) is 6.60. The van der Waals surface area contributed by atoms with Crippen LogP contribution in [0.1, 0.15) is 13.0 Å². The molecule has 1 aliphatic heterocycles. The van der Waals surface area contributed by atoms with Crippen molar-refractivity contribution in [2.24, 2.45) is 0 Å². The van der Waals surface area contributed by atoms with Crippen molar-refractivity contribution in [3.8, 4) is 5.82 Å². The smallest absolute Gasteiger partial charge is 0.267 e. The third-order valence-electron chi connectivity index (χ3n) is 4.84. The minimum Gasteiger partial charge on any atom is -0.353 e. The minimum atomic E-state index is -0.690. The number of nitrogens with zero attached hydrogens (tertiary/aromatic N) is 7. The standard InChI is InChI=1S/C19H21N7O2/c1-15(26-18(27)7-6-17(22-26)25-10-4-9-21-25)19(28)24-13-11-23(12-14-24)16-5-2-3-8-20-16/h2-10,15H,11-14H2,1H3. The second kappa shape index (κ2) is 7.63. The molecule has 0 bridgehead atoms. The predicted octanol–water partition coefficient (Wildman–Crippen LogP) is 0.734. The Bertz CT molecular complexity index is 993. The molecule has 1 fully saturated rings. The molecule has 144 valence electrons. The summed E-state index contributed by atoms with van der Waals surface area (Å²) in [4.78, 5) is 33.5. The van der Waals surface area contributed by atoms with Gasteiger partial charge in [-0.05, 0) is 31.2 Å². The molecule has 0 aliphatic carbocycles. The Kier molecular flexibility index (Phi) is 4.88. The van der Waals surface area contributed by atoms with E-state index < -0.39 is 6.04 Å². The highest BCUT2D eigenvalue weighted by atomic mass is 16.2. The van der Waals surface area contributed by atoms with E-state index >= 15 is 0 Å². The van der Waals surface area contributed by atoms with Crippen LogP contribution < -0.4 is 10.5 Å². The van der Waals surface area contributed by atoms with Gasteiger partial charge >= 0.3 is 0 Å². The van der Waals surface area contributed by atoms with E-state index in [0.29, 0.717) is 32.0 Å². The van der Waals surface area contributed by atoms with Crippen LogP contribution in [0, 0.1) is 0 Å². The summed E-state index contributed by atoms with van der Waals surface area (Å²) in [6.07, 6.45) is 5.13. The Hall–Kier alpha value is -3.49. The molecule has 0 saturated carbocycles. The number of carbonyl (C=O) groups excluding carboxylic acids is 1. The lowest BCUT2D eigenvalue weighted by Gasteiger charge is -2.36. The van der Waals surface area contributed by atoms with Crippen molar-refractivity contribution in [1.29, 1.82) is 0 Å². The summed E-state index contributed by atoms with van der Waals surface area (Å²) < 4.78 is 2.78. The maximum atomic E-state index is 13.0. The van der Waals surface area contributed by atoms with E-state index in [9.17, 15) is 9.59 Å². The maximum absolute atomic E-state index is 13.0. The zero-order valence-corrected chi connectivity index (χ0v) is 15.5. The van der Waals surface area contributed by atoms with E-state index in [1.807, 2.05) is 18.2 Å². The van der Waals surface area contributed by atoms with Gasteiger partial charge in [-0.2, -0.15) is 5.10 Å². The molecular formula is C19H21N7O2. The summed E-state index contributed by atoms with van der Waals surface area (Å²) in [5.41, 5.74) is -0.316. The molecule has 0 N–H and O–H groups in total. The predicted molar refractivity (Wildman–Crippen MR) is 103 cm³/mol. The molecule has 3 aromatic heterocycles. The van der Waals surface area contributed by atoms with Crippen molar-refractivity contribution in [3.05, 3.63) is 65.3 Å². The van der Waals surface area contributed by atoms with Gasteiger partial charge in [-0.3, -0.25) is 9.59 Å². The quantitative estimate of drug-likeness (QED) is 0.664. The molecule has 1 aliphatic rings. The molecule has 1 unspecified atom stereocenters. The number of piperazine rings is 1. The zero-order chi connectivity index (χ0) is 19.5. The third kappa shape index (κ3) is 3.51. The lowest BCUT2D eigenvalue weighted by Crippen LogP contribution is -2.51. The number of anilines is 1. The van der Waals surface area contributed by atoms with E-state index in [4.69, 9.17) is 0 Å². The number of hydrogen-bond acceptors (Lipinski definition) is 6. The van der Waals surface area contributed by atoms with Crippen LogP contribution in [0.3, 0.4) is 0 Å². The molecule has 1 saturated heterocycles. The van der Waals surface area contributed by atoms with Crippen LogP contribution >= 0.6 is 0 Å². The van der Waals surface area contributed by atoms with Crippen molar-refractivity contribution in [3.63, 3.8) is 0 Å². The Balaban J connectivity index is 1.47. The van der Waals surface area contributed by atoms with Crippen LogP contribution in [0.4, 0.5) is 5.82 Å². The summed E-state index contributed by atoms with van der Waals surface area (Å²) in [7, 11) is 0. The first-order chi connectivity index (χ1) is 13.6. The van der Waals surface area contributed by atoms with Gasteiger partial charge in [-0.25, -0.2) is 14.3 Å². The molecule has 4 heterocycles. The average molecular weight is 379 g/mol. The van der Waals surface area contributed by atoms with Crippen LogP contribution in [0.5, 0.6) is 0 Å². The van der Waals surface area contributed by atoms with Crippen LogP contribution in [0.2, 0.25) is 0 Å². The summed E-state index contributed by atoms with van der Waals surface area (Å²) in [6, 6.07) is 9.88. The molecule has 9 heteroatoms. The highest BCUT2D eigenvalue weighted by molar-refractivity contribution is 5.80. The van der Waals surface area contributed by atoms with E-state index in [1.165, 1.54) is 10.7 Å². The Labute approximate surface area is 161 Å². The zero-order valence-electron chi connectivity index (χ0n) is 15.5. The molecule has 1 atom stereocenters. The van der Waals surface area contributed by atoms with Gasteiger partial charge in [-0.15, -0.1) is 5.10 Å². The number of pyridine rings is 1. The van der Waals surface area contributed by atoms with Crippen molar-refractivity contribution in [2.45, 2.75) is 13.0 Å². The summed E-state index contributed by atoms with van der Waals surface area (Å²) >= 11 is 0. The topological polar surface area (TPSA) is 89.2 Å². The number of hydrogen-bond donors (Lipinski definition) is 0. The fourth-order valence-electron chi connectivity index (χ4n) is 3.28. The number of rotatable bonds is 4. The maximum Gasteiger partial charge on any atom is 0.267 e. The van der Waals surface area contributed by atoms with Gasteiger partial charge in [-0.1, -0.05) is 6.07 Å². The number of amides is 1. The van der Waals surface area contributed by atoms with Gasteiger partial charge in [0.2, 0.25) is 5.91 Å². The number of aromatic nitrogens is 5. The average Bonchev–Trinajstić information content (AvgIpc) is 3.29. The van der Waals surface area contributed by atoms with E-state index in [2.05, 4.69) is 20.1 Å². The molecule has 28 heavy (non-hydrogen) atoms. The molecule has 0 radical (unpaired) electrons. The van der Waals surface area contributed by atoms with Crippen LogP contribution in [-0.2, 0) is 4.79 Å². The first-order valence-corrected chi connectivity index (χ1v) is 9.18. The molecular weight excluding hydrogens is 358 g/mol. The SMILES string of the molecule is CC(C(=O)N1CCN(c2ccccn2)CC1)n1nc(-n2cccn2)ccc1=O. The largest absolute Gasteiger partial charge is 0.353 e. The van der Waals surface area contributed by atoms with Crippen LogP contribution in [-0.4, -0.2) is 61.5 Å². The summed E-state index contributed by atoms with van der Waals surface area (Å²) in [5.74, 6) is 1.28. The first-order valence-electron chi connectivity index (χ1n) is 9.18.